The molecule has 0 fully saturated rings. The van der Waals surface area contributed by atoms with Crippen LogP contribution in [0.5, 0.6) is 11.5 Å². The number of nitrogens with one attached hydrogen (secondary N) is 2. The Kier molecular flexibility index (Phi) is 6.93. The van der Waals surface area contributed by atoms with Gasteiger partial charge in [0.05, 0.1) is 29.2 Å². The molecule has 0 atom stereocenters. The van der Waals surface area contributed by atoms with Gasteiger partial charge in [0.15, 0.2) is 18.1 Å². The number of fused-ring (bicyclic) bond motifs is 1. The molecule has 11 heteroatoms. The Morgan fingerprint density at radius 1 is 1.17 bits per heavy atom. The molecule has 1 heterocycles. The van der Waals surface area contributed by atoms with E-state index in [1.54, 1.807) is 24.3 Å². The summed E-state index contributed by atoms with van der Waals surface area (Å²) in [4.78, 5) is 39.6. The second kappa shape index (κ2) is 10.2. The molecule has 2 N–H and O–H groups in total. The lowest BCUT2D eigenvalue weighted by Gasteiger charge is -2.13. The van der Waals surface area contributed by atoms with Gasteiger partial charge in [0, 0.05) is 5.69 Å². The molecule has 0 saturated carbocycles. The summed E-state index contributed by atoms with van der Waals surface area (Å²) in [6, 6.07) is 15.0. The molecule has 0 unspecified atom stereocenters. The van der Waals surface area contributed by atoms with E-state index < -0.39 is 29.6 Å². The Hall–Kier alpha value is -4.44. The highest BCUT2D eigenvalue weighted by atomic mass is 35.5. The number of hydrogen-bond acceptors (Lipinski definition) is 6. The number of halogens is 2. The predicted octanol–water partition coefficient (Wildman–Crippen LogP) is 3.39. The van der Waals surface area contributed by atoms with E-state index in [1.165, 1.54) is 49.7 Å². The fourth-order valence-corrected chi connectivity index (χ4v) is 3.51. The molecule has 178 valence electrons. The number of anilines is 1. The van der Waals surface area contributed by atoms with E-state index in [4.69, 9.17) is 21.1 Å². The zero-order valence-corrected chi connectivity index (χ0v) is 19.0. The van der Waals surface area contributed by atoms with Gasteiger partial charge in [-0.2, -0.15) is 5.10 Å². The van der Waals surface area contributed by atoms with E-state index in [0.717, 1.165) is 0 Å². The van der Waals surface area contributed by atoms with Gasteiger partial charge in [-0.05, 0) is 48.0 Å². The largest absolute Gasteiger partial charge is 0.493 e. The number of methoxy groups -OCH3 is 1. The molecule has 3 aromatic carbocycles. The number of nitrogens with zero attached hydrogens (tertiary/aromatic N) is 2. The molecule has 0 bridgehead atoms. The monoisotopic (exact) mass is 496 g/mol. The van der Waals surface area contributed by atoms with Crippen LogP contribution in [0, 0.1) is 5.82 Å². The molecular weight excluding hydrogens is 479 g/mol. The first kappa shape index (κ1) is 23.7. The van der Waals surface area contributed by atoms with Crippen LogP contribution in [-0.4, -0.2) is 35.5 Å². The molecule has 0 saturated heterocycles. The number of hydrogen-bond donors (Lipinski definition) is 2. The van der Waals surface area contributed by atoms with Crippen LogP contribution in [0.2, 0.25) is 5.02 Å². The summed E-state index contributed by atoms with van der Waals surface area (Å²) in [5, 5.41) is 6.90. The van der Waals surface area contributed by atoms with Crippen LogP contribution in [0.3, 0.4) is 0 Å². The minimum absolute atomic E-state index is 0.0985. The highest BCUT2D eigenvalue weighted by molar-refractivity contribution is 6.32. The summed E-state index contributed by atoms with van der Waals surface area (Å²) in [6.45, 7) is -0.415. The van der Waals surface area contributed by atoms with Gasteiger partial charge in [0.2, 0.25) is 0 Å². The van der Waals surface area contributed by atoms with Gasteiger partial charge in [-0.15, -0.1) is 4.68 Å². The third kappa shape index (κ3) is 5.39. The van der Waals surface area contributed by atoms with Crippen LogP contribution in [0.15, 0.2) is 75.4 Å². The summed E-state index contributed by atoms with van der Waals surface area (Å²) < 4.78 is 24.8. The minimum atomic E-state index is -0.702. The second-order valence-corrected chi connectivity index (χ2v) is 7.63. The number of amides is 1. The van der Waals surface area contributed by atoms with Crippen molar-refractivity contribution in [1.29, 1.82) is 0 Å². The standard InChI is InChI=1S/C24H18ClFN4O5/c1-34-20-10-14(12-27-30-23(32)17-7-2-3-8-19(17)29-24(30)33)9-18(25)22(20)35-13-21(31)28-16-6-4-5-15(26)11-16/h2-12H,13H2,1H3,(H,28,31)(H,29,33). The molecule has 0 spiro atoms. The summed E-state index contributed by atoms with van der Waals surface area (Å²) in [7, 11) is 1.38. The predicted molar refractivity (Wildman–Crippen MR) is 130 cm³/mol. The number of rotatable bonds is 7. The molecule has 35 heavy (non-hydrogen) atoms. The van der Waals surface area contributed by atoms with Gasteiger partial charge >= 0.3 is 5.69 Å². The summed E-state index contributed by atoms with van der Waals surface area (Å²) >= 11 is 6.32. The zero-order valence-electron chi connectivity index (χ0n) is 18.2. The first-order valence-corrected chi connectivity index (χ1v) is 10.6. The van der Waals surface area contributed by atoms with Crippen molar-refractivity contribution in [1.82, 2.24) is 9.66 Å². The lowest BCUT2D eigenvalue weighted by Crippen LogP contribution is -2.32. The first-order valence-electron chi connectivity index (χ1n) is 10.2. The van der Waals surface area contributed by atoms with Crippen LogP contribution in [0.4, 0.5) is 10.1 Å². The quantitative estimate of drug-likeness (QED) is 0.381. The fourth-order valence-electron chi connectivity index (χ4n) is 3.24. The van der Waals surface area contributed by atoms with Crippen LogP contribution in [-0.2, 0) is 4.79 Å². The number of benzene rings is 3. The molecule has 9 nitrogen and oxygen atoms in total. The molecule has 4 rings (SSSR count). The Morgan fingerprint density at radius 3 is 2.74 bits per heavy atom. The summed E-state index contributed by atoms with van der Waals surface area (Å²) in [5.74, 6) is -0.730. The maximum Gasteiger partial charge on any atom is 0.349 e. The SMILES string of the molecule is COc1cc(C=Nn2c(=O)[nH]c3ccccc3c2=O)cc(Cl)c1OCC(=O)Nc1cccc(F)c1. The number of H-pyrrole nitrogens is 1. The third-order valence-corrected chi connectivity index (χ3v) is 5.09. The highest BCUT2D eigenvalue weighted by Crippen LogP contribution is 2.36. The Bertz CT molecular complexity index is 1560. The average Bonchev–Trinajstić information content (AvgIpc) is 2.83. The minimum Gasteiger partial charge on any atom is -0.493 e. The van der Waals surface area contributed by atoms with Gasteiger partial charge in [0.25, 0.3) is 11.5 Å². The van der Waals surface area contributed by atoms with Gasteiger partial charge in [0.1, 0.15) is 5.82 Å². The van der Waals surface area contributed by atoms with E-state index in [9.17, 15) is 18.8 Å². The van der Waals surface area contributed by atoms with E-state index in [-0.39, 0.29) is 22.2 Å². The van der Waals surface area contributed by atoms with Crippen LogP contribution in [0.25, 0.3) is 10.9 Å². The molecule has 1 aromatic heterocycles. The number of aromatic nitrogens is 2. The van der Waals surface area contributed by atoms with Crippen LogP contribution < -0.4 is 26.0 Å². The van der Waals surface area contributed by atoms with Gasteiger partial charge < -0.3 is 19.8 Å². The molecule has 0 aliphatic rings. The van der Waals surface area contributed by atoms with Crippen molar-refractivity contribution in [2.75, 3.05) is 19.0 Å². The normalized spacial score (nSPS) is 11.1. The Morgan fingerprint density at radius 2 is 1.97 bits per heavy atom. The molecule has 1 amide bonds. The Balaban J connectivity index is 1.54. The topological polar surface area (TPSA) is 115 Å². The lowest BCUT2D eigenvalue weighted by atomic mass is 10.2. The maximum atomic E-state index is 13.3. The van der Waals surface area contributed by atoms with Crippen molar-refractivity contribution in [3.05, 3.63) is 97.9 Å². The van der Waals surface area contributed by atoms with E-state index in [1.807, 2.05) is 0 Å². The molecule has 0 aliphatic heterocycles. The van der Waals surface area contributed by atoms with Crippen molar-refractivity contribution in [3.8, 4) is 11.5 Å². The molecule has 0 aliphatic carbocycles. The summed E-state index contributed by atoms with van der Waals surface area (Å²) in [5.41, 5.74) is -0.193. The maximum absolute atomic E-state index is 13.3. The fraction of sp³-hybridized carbons (Fsp3) is 0.0833. The van der Waals surface area contributed by atoms with E-state index in [0.29, 0.717) is 21.1 Å². The number of aromatic amines is 1. The first-order chi connectivity index (χ1) is 16.9. The van der Waals surface area contributed by atoms with Crippen molar-refractivity contribution in [2.45, 2.75) is 0 Å². The molecule has 4 aromatic rings. The smallest absolute Gasteiger partial charge is 0.349 e. The van der Waals surface area contributed by atoms with Gasteiger partial charge in [-0.25, -0.2) is 9.18 Å². The highest BCUT2D eigenvalue weighted by Gasteiger charge is 2.14. The van der Waals surface area contributed by atoms with Crippen molar-refractivity contribution >= 4 is 40.3 Å². The van der Waals surface area contributed by atoms with Crippen LogP contribution >= 0.6 is 11.6 Å². The van der Waals surface area contributed by atoms with Gasteiger partial charge in [-0.1, -0.05) is 29.8 Å². The molecule has 0 radical (unpaired) electrons. The number of ether oxygens (including phenoxy) is 2. The second-order valence-electron chi connectivity index (χ2n) is 7.22. The van der Waals surface area contributed by atoms with E-state index in [2.05, 4.69) is 15.4 Å². The van der Waals surface area contributed by atoms with Crippen molar-refractivity contribution in [2.24, 2.45) is 5.10 Å². The van der Waals surface area contributed by atoms with Gasteiger partial charge in [-0.3, -0.25) is 9.59 Å². The average molecular weight is 497 g/mol. The van der Waals surface area contributed by atoms with E-state index >= 15 is 0 Å². The van der Waals surface area contributed by atoms with Crippen molar-refractivity contribution < 1.29 is 18.7 Å². The number of para-hydroxylation sites is 1. The molecular formula is C24H18ClFN4O5. The van der Waals surface area contributed by atoms with Crippen LogP contribution in [0.1, 0.15) is 5.56 Å². The summed E-state index contributed by atoms with van der Waals surface area (Å²) in [6.07, 6.45) is 1.26. The number of carbonyl (C=O) groups excluding carboxylic acids is 1. The number of carbonyl (C=O) groups is 1. The van der Waals surface area contributed by atoms with Crippen molar-refractivity contribution in [3.63, 3.8) is 0 Å². The zero-order chi connectivity index (χ0) is 24.9. The lowest BCUT2D eigenvalue weighted by molar-refractivity contribution is -0.118. The Labute approximate surface area is 202 Å². The third-order valence-electron chi connectivity index (χ3n) is 4.81.